The van der Waals surface area contributed by atoms with Crippen molar-refractivity contribution >= 4 is 23.5 Å². The molecule has 21 unspecified atom stereocenters. The average Bonchev–Trinajstić information content (AvgIpc) is 4.04. The van der Waals surface area contributed by atoms with Gasteiger partial charge in [-0.25, -0.2) is 0 Å². The second-order valence-electron chi connectivity index (χ2n) is 24.8. The lowest BCUT2D eigenvalue weighted by Crippen LogP contribution is -2.65. The van der Waals surface area contributed by atoms with E-state index in [9.17, 15) is 45.3 Å². The summed E-state index contributed by atoms with van der Waals surface area (Å²) in [6.45, 7) is 7.20. The predicted octanol–water partition coefficient (Wildman–Crippen LogP) is 2.94. The minimum absolute atomic E-state index is 0.00350. The number of guanidine groups is 1. The van der Waals surface area contributed by atoms with Crippen molar-refractivity contribution in [2.24, 2.45) is 104 Å². The molecule has 1 saturated heterocycles. The molecule has 1 aromatic heterocycles. The van der Waals surface area contributed by atoms with E-state index in [1.807, 2.05) is 19.2 Å². The molecule has 16 heteroatoms. The number of ether oxygens (including phenoxy) is 1. The summed E-state index contributed by atoms with van der Waals surface area (Å²) in [5.41, 5.74) is 8.48. The van der Waals surface area contributed by atoms with Crippen LogP contribution in [0.15, 0.2) is 46.4 Å². The zero-order valence-electron chi connectivity index (χ0n) is 42.4. The number of allylic oxidation sites excluding steroid dienone is 3. The number of aromatic nitrogens is 1. The molecule has 0 radical (unpaired) electrons. The monoisotopic (exact) mass is 998 g/mol. The molecule has 9 aliphatic rings. The third-order valence-corrected chi connectivity index (χ3v) is 21.0. The van der Waals surface area contributed by atoms with Gasteiger partial charge in [0.25, 0.3) is 0 Å². The molecule has 1 aliphatic heterocycles. The predicted molar refractivity (Wildman–Crippen MR) is 265 cm³/mol. The number of Topliss-reactive ketones (excluding diaryl/α,β-unsaturated/α-hetero) is 2. The molecule has 2 heterocycles. The van der Waals surface area contributed by atoms with Crippen molar-refractivity contribution in [3.63, 3.8) is 0 Å². The number of aromatic amines is 1. The van der Waals surface area contributed by atoms with Gasteiger partial charge >= 0.3 is 5.97 Å². The lowest BCUT2D eigenvalue weighted by molar-refractivity contribution is -0.200. The van der Waals surface area contributed by atoms with Gasteiger partial charge in [-0.05, 0) is 161 Å². The molecule has 4 bridgehead atoms. The highest BCUT2D eigenvalue weighted by atomic mass is 16.5. The smallest absolute Gasteiger partial charge is 0.313 e. The van der Waals surface area contributed by atoms with Crippen LogP contribution in [0.2, 0.25) is 0 Å². The first-order valence-corrected chi connectivity index (χ1v) is 27.0. The topological polar surface area (TPSA) is 294 Å². The van der Waals surface area contributed by atoms with Crippen LogP contribution < -0.4 is 16.8 Å². The molecule has 0 amide bonds. The summed E-state index contributed by atoms with van der Waals surface area (Å²) in [6, 6.07) is 1.91. The lowest BCUT2D eigenvalue weighted by Gasteiger charge is -2.62. The van der Waals surface area contributed by atoms with Crippen LogP contribution in [-0.4, -0.2) is 120 Å². The molecule has 6 fully saturated rings. The van der Waals surface area contributed by atoms with E-state index >= 15 is 4.79 Å². The normalized spacial score (nSPS) is 46.6. The molecule has 21 atom stereocenters. The van der Waals surface area contributed by atoms with Gasteiger partial charge in [-0.2, -0.15) is 0 Å². The third-order valence-electron chi connectivity index (χ3n) is 21.0. The number of rotatable bonds is 9. The maximum atomic E-state index is 15.1. The van der Waals surface area contributed by atoms with E-state index in [0.717, 1.165) is 37.7 Å². The Morgan fingerprint density at radius 3 is 2.49 bits per heavy atom. The number of aliphatic imine (C=N–C) groups is 1. The maximum Gasteiger partial charge on any atom is 0.313 e. The van der Waals surface area contributed by atoms with Crippen LogP contribution in [-0.2, 0) is 19.1 Å². The van der Waals surface area contributed by atoms with Crippen molar-refractivity contribution in [2.45, 2.75) is 153 Å². The van der Waals surface area contributed by atoms with E-state index in [2.05, 4.69) is 40.1 Å². The highest BCUT2D eigenvalue weighted by Gasteiger charge is 2.74. The SMILES string of the molecule is CC(=O)CNC1=C2C(CCC3(CCN=C(N)N)C4C(CC#CC(C5COC(=O)C5c5cc[nH]c5)C5CCC6C=C7CCC(C)CC7C5C6C(C(O)O)CC(O)C4(C)O)CC23O)C2(C)CC(O)C(O)CC2C1=O. The van der Waals surface area contributed by atoms with E-state index in [1.165, 1.54) is 12.5 Å². The Balaban J connectivity index is 1.17. The first-order valence-electron chi connectivity index (χ1n) is 27.0. The zero-order chi connectivity index (χ0) is 51.4. The number of aliphatic hydroxyl groups excluding tert-OH is 4. The first-order chi connectivity index (χ1) is 34.1. The molecule has 16 nitrogen and oxygen atoms in total. The molecular formula is C56H79N5O11. The number of cyclic esters (lactones) is 1. The number of H-pyrrole nitrogens is 1. The molecule has 394 valence electrons. The quantitative estimate of drug-likeness (QED) is 0.0424. The molecule has 0 spiro atoms. The van der Waals surface area contributed by atoms with Gasteiger partial charge < -0.3 is 62.3 Å². The van der Waals surface area contributed by atoms with Crippen LogP contribution in [0.5, 0.6) is 0 Å². The number of hydrogen-bond acceptors (Lipinski definition) is 13. The molecule has 0 aromatic carbocycles. The van der Waals surface area contributed by atoms with Crippen LogP contribution in [0.3, 0.4) is 0 Å². The Hall–Kier alpha value is -4.08. The van der Waals surface area contributed by atoms with Crippen LogP contribution in [0.4, 0.5) is 0 Å². The summed E-state index contributed by atoms with van der Waals surface area (Å²) in [4.78, 5) is 49.3. The number of fused-ring (bicyclic) bond motifs is 8. The Bertz CT molecular complexity index is 2440. The number of nitrogens with two attached hydrogens (primary N) is 2. The van der Waals surface area contributed by atoms with E-state index in [4.69, 9.17) is 16.2 Å². The number of ketones is 2. The Kier molecular flexibility index (Phi) is 13.5. The van der Waals surface area contributed by atoms with Gasteiger partial charge in [0.1, 0.15) is 5.78 Å². The van der Waals surface area contributed by atoms with Crippen molar-refractivity contribution in [1.82, 2.24) is 10.3 Å². The number of esters is 1. The zero-order valence-corrected chi connectivity index (χ0v) is 42.4. The Labute approximate surface area is 422 Å². The van der Waals surface area contributed by atoms with Crippen LogP contribution in [0.25, 0.3) is 0 Å². The van der Waals surface area contributed by atoms with Crippen molar-refractivity contribution in [1.29, 1.82) is 0 Å². The highest BCUT2D eigenvalue weighted by Crippen LogP contribution is 2.73. The summed E-state index contributed by atoms with van der Waals surface area (Å²) >= 11 is 0. The molecule has 8 aliphatic carbocycles. The summed E-state index contributed by atoms with van der Waals surface area (Å²) in [5.74, 6) is 1.45. The standard InChI is InChI=1S/C56H79N5O11/c1-27-8-9-29-19-30-10-11-34-33(37-26-72-51(69)44(37)32-13-16-59-25-32)7-5-6-31-22-56(71)46-38(53(3)23-41(64)40(63)21-39(53)48(66)47(46)61-24-28(2)62)12-14-55(56,15-17-60-52(57)58)49(31)54(4,70)42(65)20-36(50(67)68)43(30)45(34)35(29)18-27/h13,16,19,25,27,30-31,33-45,49-50,59,61,63-65,67-68,70-71H,6,8-12,14-15,17-18,20-24,26H2,1-4H3,(H4,57,58,60). The highest BCUT2D eigenvalue weighted by molar-refractivity contribution is 6.00. The molecule has 1 aromatic rings. The number of aliphatic hydroxyl groups is 7. The minimum Gasteiger partial charge on any atom is -0.465 e. The van der Waals surface area contributed by atoms with Gasteiger partial charge in [0.05, 0.1) is 54.3 Å². The summed E-state index contributed by atoms with van der Waals surface area (Å²) < 4.78 is 5.96. The van der Waals surface area contributed by atoms with E-state index < -0.39 is 82.1 Å². The van der Waals surface area contributed by atoms with Crippen molar-refractivity contribution < 1.29 is 54.9 Å². The fourth-order valence-electron chi connectivity index (χ4n) is 18.1. The largest absolute Gasteiger partial charge is 0.465 e. The fraction of sp³-hybridized carbons (Fsp3) is 0.750. The van der Waals surface area contributed by atoms with Crippen LogP contribution in [0, 0.1) is 99.6 Å². The summed E-state index contributed by atoms with van der Waals surface area (Å²) in [6.07, 6.45) is 5.74. The van der Waals surface area contributed by atoms with Crippen LogP contribution in [0.1, 0.15) is 123 Å². The van der Waals surface area contributed by atoms with E-state index in [-0.39, 0.29) is 135 Å². The minimum atomic E-state index is -2.01. The number of hydrogen-bond donors (Lipinski definition) is 11. The van der Waals surface area contributed by atoms with Crippen LogP contribution >= 0.6 is 0 Å². The number of carbonyl (C=O) groups excluding carboxylic acids is 3. The Morgan fingerprint density at radius 2 is 1.78 bits per heavy atom. The molecule has 72 heavy (non-hydrogen) atoms. The van der Waals surface area contributed by atoms with Gasteiger partial charge in [0.2, 0.25) is 0 Å². The number of nitrogens with one attached hydrogen (secondary N) is 2. The maximum absolute atomic E-state index is 15.1. The average molecular weight is 998 g/mol. The van der Waals surface area contributed by atoms with Gasteiger partial charge in [-0.15, -0.1) is 5.92 Å². The van der Waals surface area contributed by atoms with E-state index in [0.29, 0.717) is 17.9 Å². The van der Waals surface area contributed by atoms with Gasteiger partial charge in [-0.1, -0.05) is 31.4 Å². The van der Waals surface area contributed by atoms with Crippen molar-refractivity contribution in [2.75, 3.05) is 19.7 Å². The molecule has 13 N–H and O–H groups in total. The first kappa shape index (κ1) is 51.4. The summed E-state index contributed by atoms with van der Waals surface area (Å²) in [5, 5.41) is 89.8. The number of carbonyl (C=O) groups is 3. The molecule has 5 saturated carbocycles. The fourth-order valence-corrected chi connectivity index (χ4v) is 18.1. The second-order valence-corrected chi connectivity index (χ2v) is 24.8. The van der Waals surface area contributed by atoms with Crippen molar-refractivity contribution in [3.05, 3.63) is 46.9 Å². The third kappa shape index (κ3) is 8.12. The van der Waals surface area contributed by atoms with Gasteiger partial charge in [-0.3, -0.25) is 19.4 Å². The molecule has 10 rings (SSSR count). The van der Waals surface area contributed by atoms with Gasteiger partial charge in [0.15, 0.2) is 18.0 Å². The summed E-state index contributed by atoms with van der Waals surface area (Å²) in [7, 11) is 0. The lowest BCUT2D eigenvalue weighted by atomic mass is 9.44. The van der Waals surface area contributed by atoms with Crippen molar-refractivity contribution in [3.8, 4) is 11.8 Å². The molecular weight excluding hydrogens is 919 g/mol. The van der Waals surface area contributed by atoms with E-state index in [1.54, 1.807) is 13.1 Å². The Morgan fingerprint density at radius 1 is 1.00 bits per heavy atom. The van der Waals surface area contributed by atoms with Gasteiger partial charge in [0, 0.05) is 60.4 Å². The number of nitrogens with zero attached hydrogens (tertiary/aromatic N) is 1. The second kappa shape index (κ2) is 18.9.